The summed E-state index contributed by atoms with van der Waals surface area (Å²) < 4.78 is 16.2. The molecule has 1 fully saturated rings. The molecule has 0 saturated carbocycles. The van der Waals surface area contributed by atoms with Crippen molar-refractivity contribution < 1.29 is 23.9 Å². The molecule has 3 rings (SSSR count). The summed E-state index contributed by atoms with van der Waals surface area (Å²) >= 11 is 0. The summed E-state index contributed by atoms with van der Waals surface area (Å²) in [4.78, 5) is 10.8. The largest absolute Gasteiger partial charge is 0.490 e. The summed E-state index contributed by atoms with van der Waals surface area (Å²) in [6, 6.07) is 8.72. The smallest absolute Gasteiger partial charge is 0.358 e. The third-order valence-corrected chi connectivity index (χ3v) is 3.34. The first-order valence-corrected chi connectivity index (χ1v) is 6.77. The Morgan fingerprint density at radius 3 is 2.57 bits per heavy atom. The zero-order valence-electron chi connectivity index (χ0n) is 11.3. The Kier molecular flexibility index (Phi) is 3.87. The van der Waals surface area contributed by atoms with Gasteiger partial charge >= 0.3 is 5.97 Å². The van der Waals surface area contributed by atoms with E-state index >= 15 is 0 Å². The summed E-state index contributed by atoms with van der Waals surface area (Å²) in [5.41, 5.74) is 0.654. The fraction of sp³-hybridized carbons (Fsp3) is 0.333. The number of aromatic nitrogens is 1. The number of nitrogens with zero attached hydrogens (tertiary/aromatic N) is 1. The maximum absolute atomic E-state index is 10.8. The van der Waals surface area contributed by atoms with Crippen LogP contribution in [0.3, 0.4) is 0 Å². The van der Waals surface area contributed by atoms with Crippen LogP contribution in [0.25, 0.3) is 11.3 Å². The van der Waals surface area contributed by atoms with Crippen molar-refractivity contribution in [2.75, 3.05) is 13.2 Å². The second kappa shape index (κ2) is 5.97. The molecule has 0 unspecified atom stereocenters. The second-order valence-corrected chi connectivity index (χ2v) is 4.84. The van der Waals surface area contributed by atoms with Crippen molar-refractivity contribution >= 4 is 5.97 Å². The molecule has 0 amide bonds. The highest BCUT2D eigenvalue weighted by Gasteiger charge is 2.16. The van der Waals surface area contributed by atoms with Gasteiger partial charge in [0.25, 0.3) is 0 Å². The van der Waals surface area contributed by atoms with Gasteiger partial charge in [-0.05, 0) is 24.3 Å². The minimum Gasteiger partial charge on any atom is -0.490 e. The second-order valence-electron chi connectivity index (χ2n) is 4.84. The van der Waals surface area contributed by atoms with Gasteiger partial charge in [0.2, 0.25) is 0 Å². The van der Waals surface area contributed by atoms with Gasteiger partial charge in [0, 0.05) is 24.5 Å². The molecule has 6 nitrogen and oxygen atoms in total. The van der Waals surface area contributed by atoms with Crippen LogP contribution in [0.2, 0.25) is 0 Å². The molecule has 1 aliphatic rings. The topological polar surface area (TPSA) is 81.8 Å². The van der Waals surface area contributed by atoms with Crippen LogP contribution in [-0.2, 0) is 4.74 Å². The number of carboxylic acid groups (broad SMARTS) is 1. The Morgan fingerprint density at radius 1 is 1.24 bits per heavy atom. The van der Waals surface area contributed by atoms with Crippen LogP contribution in [0.5, 0.6) is 5.75 Å². The summed E-state index contributed by atoms with van der Waals surface area (Å²) in [7, 11) is 0. The van der Waals surface area contributed by atoms with Gasteiger partial charge in [-0.2, -0.15) is 0 Å². The molecule has 2 heterocycles. The van der Waals surface area contributed by atoms with E-state index in [4.69, 9.17) is 19.1 Å². The third kappa shape index (κ3) is 3.22. The predicted octanol–water partition coefficient (Wildman–Crippen LogP) is 2.60. The molecule has 1 saturated heterocycles. The Hall–Kier alpha value is -2.34. The van der Waals surface area contributed by atoms with Gasteiger partial charge in [-0.3, -0.25) is 0 Å². The summed E-state index contributed by atoms with van der Waals surface area (Å²) in [6.45, 7) is 1.47. The van der Waals surface area contributed by atoms with Crippen molar-refractivity contribution in [1.82, 2.24) is 5.16 Å². The van der Waals surface area contributed by atoms with E-state index < -0.39 is 5.97 Å². The molecular formula is C15H15NO5. The highest BCUT2D eigenvalue weighted by atomic mass is 16.5. The van der Waals surface area contributed by atoms with E-state index in [0.717, 1.165) is 37.4 Å². The first-order valence-electron chi connectivity index (χ1n) is 6.77. The number of hydrogen-bond acceptors (Lipinski definition) is 5. The van der Waals surface area contributed by atoms with Gasteiger partial charge in [0.05, 0.1) is 13.2 Å². The highest BCUT2D eigenvalue weighted by Crippen LogP contribution is 2.24. The molecule has 0 aliphatic carbocycles. The number of hydrogen-bond donors (Lipinski definition) is 1. The van der Waals surface area contributed by atoms with Crippen molar-refractivity contribution in [3.8, 4) is 17.1 Å². The van der Waals surface area contributed by atoms with Crippen LogP contribution in [0.1, 0.15) is 23.3 Å². The molecule has 1 aromatic heterocycles. The molecule has 1 aromatic carbocycles. The first kappa shape index (κ1) is 13.6. The lowest BCUT2D eigenvalue weighted by molar-refractivity contribution is 0.0256. The van der Waals surface area contributed by atoms with Crippen LogP contribution >= 0.6 is 0 Å². The van der Waals surface area contributed by atoms with Gasteiger partial charge in [-0.15, -0.1) is 0 Å². The van der Waals surface area contributed by atoms with Crippen LogP contribution in [0.4, 0.5) is 0 Å². The zero-order chi connectivity index (χ0) is 14.7. The van der Waals surface area contributed by atoms with E-state index in [0.29, 0.717) is 5.76 Å². The summed E-state index contributed by atoms with van der Waals surface area (Å²) in [5.74, 6) is 0.0955. The molecule has 0 spiro atoms. The van der Waals surface area contributed by atoms with Crippen molar-refractivity contribution in [1.29, 1.82) is 0 Å². The van der Waals surface area contributed by atoms with Gasteiger partial charge in [0.15, 0.2) is 11.5 Å². The number of benzene rings is 1. The van der Waals surface area contributed by atoms with E-state index in [1.165, 1.54) is 6.07 Å². The monoisotopic (exact) mass is 289 g/mol. The maximum atomic E-state index is 10.8. The average Bonchev–Trinajstić information content (AvgIpc) is 2.99. The van der Waals surface area contributed by atoms with E-state index in [9.17, 15) is 4.79 Å². The van der Waals surface area contributed by atoms with Crippen molar-refractivity contribution in [2.45, 2.75) is 18.9 Å². The Morgan fingerprint density at radius 2 is 1.95 bits per heavy atom. The number of carbonyl (C=O) groups is 1. The quantitative estimate of drug-likeness (QED) is 0.931. The predicted molar refractivity (Wildman–Crippen MR) is 73.4 cm³/mol. The average molecular weight is 289 g/mol. The Labute approximate surface area is 121 Å². The SMILES string of the molecule is O=C(O)c1cc(-c2ccc(OC3CCOCC3)cc2)on1. The number of rotatable bonds is 4. The van der Waals surface area contributed by atoms with Gasteiger partial charge < -0.3 is 19.1 Å². The molecule has 1 aliphatic heterocycles. The van der Waals surface area contributed by atoms with E-state index in [1.807, 2.05) is 24.3 Å². The number of carboxylic acids is 1. The minimum atomic E-state index is -1.11. The molecular weight excluding hydrogens is 274 g/mol. The summed E-state index contributed by atoms with van der Waals surface area (Å²) in [5, 5.41) is 12.3. The lowest BCUT2D eigenvalue weighted by Gasteiger charge is -2.23. The zero-order valence-corrected chi connectivity index (χ0v) is 11.3. The third-order valence-electron chi connectivity index (χ3n) is 3.34. The summed E-state index contributed by atoms with van der Waals surface area (Å²) in [6.07, 6.45) is 1.98. The Bertz CT molecular complexity index is 613. The van der Waals surface area contributed by atoms with Gasteiger partial charge in [0.1, 0.15) is 11.9 Å². The molecule has 0 bridgehead atoms. The molecule has 110 valence electrons. The fourth-order valence-corrected chi connectivity index (χ4v) is 2.20. The molecule has 21 heavy (non-hydrogen) atoms. The van der Waals surface area contributed by atoms with Crippen LogP contribution in [0.15, 0.2) is 34.9 Å². The normalized spacial score (nSPS) is 15.8. The van der Waals surface area contributed by atoms with E-state index in [2.05, 4.69) is 5.16 Å². The molecule has 0 radical (unpaired) electrons. The van der Waals surface area contributed by atoms with Crippen molar-refractivity contribution in [3.05, 3.63) is 36.0 Å². The standard InChI is InChI=1S/C15H15NO5/c17-15(18)13-9-14(21-16-13)10-1-3-11(4-2-10)20-12-5-7-19-8-6-12/h1-4,9,12H,5-8H2,(H,17,18). The van der Waals surface area contributed by atoms with Crippen LogP contribution < -0.4 is 4.74 Å². The van der Waals surface area contributed by atoms with Gasteiger partial charge in [-0.1, -0.05) is 5.16 Å². The van der Waals surface area contributed by atoms with E-state index in [1.54, 1.807) is 0 Å². The van der Waals surface area contributed by atoms with Crippen molar-refractivity contribution in [2.24, 2.45) is 0 Å². The fourth-order valence-electron chi connectivity index (χ4n) is 2.20. The Balaban J connectivity index is 1.69. The van der Waals surface area contributed by atoms with Crippen molar-refractivity contribution in [3.63, 3.8) is 0 Å². The molecule has 0 atom stereocenters. The molecule has 6 heteroatoms. The highest BCUT2D eigenvalue weighted by molar-refractivity contribution is 5.86. The lowest BCUT2D eigenvalue weighted by atomic mass is 10.1. The molecule has 1 N–H and O–H groups in total. The van der Waals surface area contributed by atoms with Crippen LogP contribution in [0, 0.1) is 0 Å². The first-order chi connectivity index (χ1) is 10.2. The van der Waals surface area contributed by atoms with E-state index in [-0.39, 0.29) is 11.8 Å². The van der Waals surface area contributed by atoms with Gasteiger partial charge in [-0.25, -0.2) is 4.79 Å². The lowest BCUT2D eigenvalue weighted by Crippen LogP contribution is -2.25. The van der Waals surface area contributed by atoms with Crippen LogP contribution in [-0.4, -0.2) is 35.6 Å². The number of aromatic carboxylic acids is 1. The maximum Gasteiger partial charge on any atom is 0.358 e. The minimum absolute atomic E-state index is 0.104. The number of ether oxygens (including phenoxy) is 2. The molecule has 2 aromatic rings.